The van der Waals surface area contributed by atoms with Crippen LogP contribution in [0.4, 0.5) is 5.69 Å². The molecule has 282 valence electrons. The molecule has 2 nitrogen and oxygen atoms in total. The largest absolute Gasteiger partial charge is 0.278 e. The number of hydrazone groups is 1. The molecular formula is C57H44N2. The SMILES string of the molecule is CC1(C)c2ccccc2-c2ccc(-c3c4ccccc4c(-c4ccc5c(c4)C(C)(C)c4ccccc4-5)c4cc(NN=C(c5ccccc5)c5ccccc5)ccc34)cc21. The first-order chi connectivity index (χ1) is 28.8. The Balaban J connectivity index is 1.15. The van der Waals surface area contributed by atoms with Crippen LogP contribution in [-0.2, 0) is 10.8 Å². The van der Waals surface area contributed by atoms with Crippen molar-refractivity contribution < 1.29 is 0 Å². The molecule has 0 heterocycles. The molecule has 0 amide bonds. The third-order valence-electron chi connectivity index (χ3n) is 13.2. The summed E-state index contributed by atoms with van der Waals surface area (Å²) in [4.78, 5) is 0. The van der Waals surface area contributed by atoms with Crippen molar-refractivity contribution in [2.24, 2.45) is 5.10 Å². The van der Waals surface area contributed by atoms with E-state index in [4.69, 9.17) is 5.10 Å². The molecule has 2 heteroatoms. The fraction of sp³-hybridized carbons (Fsp3) is 0.105. The highest BCUT2D eigenvalue weighted by Crippen LogP contribution is 2.53. The van der Waals surface area contributed by atoms with E-state index < -0.39 is 0 Å². The zero-order valence-corrected chi connectivity index (χ0v) is 33.8. The van der Waals surface area contributed by atoms with Crippen LogP contribution in [0.25, 0.3) is 66.1 Å². The fourth-order valence-electron chi connectivity index (χ4n) is 10.2. The number of nitrogens with zero attached hydrogens (tertiary/aromatic N) is 1. The highest BCUT2D eigenvalue weighted by atomic mass is 15.3. The minimum absolute atomic E-state index is 0.105. The van der Waals surface area contributed by atoms with Crippen LogP contribution in [0.3, 0.4) is 0 Å². The van der Waals surface area contributed by atoms with Crippen LogP contribution >= 0.6 is 0 Å². The van der Waals surface area contributed by atoms with E-state index in [1.165, 1.54) is 88.3 Å². The predicted molar refractivity (Wildman–Crippen MR) is 250 cm³/mol. The van der Waals surface area contributed by atoms with Gasteiger partial charge in [-0.25, -0.2) is 0 Å². The number of rotatable bonds is 6. The van der Waals surface area contributed by atoms with Crippen molar-refractivity contribution in [2.45, 2.75) is 38.5 Å². The highest BCUT2D eigenvalue weighted by Gasteiger charge is 2.37. The number of benzene rings is 9. The molecule has 0 aliphatic heterocycles. The lowest BCUT2D eigenvalue weighted by atomic mass is 9.79. The first-order valence-electron chi connectivity index (χ1n) is 20.7. The van der Waals surface area contributed by atoms with Crippen LogP contribution < -0.4 is 5.43 Å². The maximum atomic E-state index is 5.12. The number of hydrogen-bond acceptors (Lipinski definition) is 2. The third kappa shape index (κ3) is 5.43. The van der Waals surface area contributed by atoms with Crippen molar-refractivity contribution in [1.82, 2.24) is 0 Å². The minimum atomic E-state index is -0.116. The Hall–Kier alpha value is -7.03. The number of hydrogen-bond donors (Lipinski definition) is 1. The molecule has 2 aliphatic carbocycles. The Morgan fingerprint density at radius 2 is 0.797 bits per heavy atom. The van der Waals surface area contributed by atoms with Crippen LogP contribution in [0.15, 0.2) is 193 Å². The zero-order chi connectivity index (χ0) is 39.9. The second kappa shape index (κ2) is 13.3. The van der Waals surface area contributed by atoms with Gasteiger partial charge in [-0.1, -0.05) is 191 Å². The topological polar surface area (TPSA) is 24.4 Å². The molecule has 0 unspecified atom stereocenters. The summed E-state index contributed by atoms with van der Waals surface area (Å²) in [6.07, 6.45) is 0. The molecule has 0 atom stereocenters. The lowest BCUT2D eigenvalue weighted by Gasteiger charge is -2.24. The summed E-state index contributed by atoms with van der Waals surface area (Å²) < 4.78 is 0. The van der Waals surface area contributed by atoms with Gasteiger partial charge < -0.3 is 0 Å². The Bertz CT molecular complexity index is 3130. The molecule has 59 heavy (non-hydrogen) atoms. The smallest absolute Gasteiger partial charge is 0.0977 e. The number of fused-ring (bicyclic) bond motifs is 8. The molecule has 9 aromatic carbocycles. The van der Waals surface area contributed by atoms with E-state index in [2.05, 4.69) is 209 Å². The quantitative estimate of drug-likeness (QED) is 0.102. The lowest BCUT2D eigenvalue weighted by Crippen LogP contribution is -2.15. The predicted octanol–water partition coefficient (Wildman–Crippen LogP) is 14.8. The first-order valence-corrected chi connectivity index (χ1v) is 20.7. The van der Waals surface area contributed by atoms with E-state index in [0.717, 1.165) is 22.5 Å². The van der Waals surface area contributed by atoms with E-state index in [0.29, 0.717) is 0 Å². The standard InChI is InChI=1S/C57H44N2/c1-56(2)49-25-15-13-21-41(49)43-30-27-38(33-51(43)56)53-45-23-11-12-24-46(45)54(39-28-31-44-42-22-14-16-26-50(42)57(3,4)52(44)34-39)48-35-40(29-32-47(48)53)58-59-55(36-17-7-5-8-18-36)37-19-9-6-10-20-37/h5-35,58H,1-4H3. The highest BCUT2D eigenvalue weighted by molar-refractivity contribution is 6.22. The molecule has 0 saturated heterocycles. The molecule has 0 spiro atoms. The average Bonchev–Trinajstić information content (AvgIpc) is 3.65. The van der Waals surface area contributed by atoms with Gasteiger partial charge in [-0.15, -0.1) is 0 Å². The van der Waals surface area contributed by atoms with Gasteiger partial charge in [0.15, 0.2) is 0 Å². The Labute approximate surface area is 346 Å². The van der Waals surface area contributed by atoms with Crippen LogP contribution in [-0.4, -0.2) is 5.71 Å². The van der Waals surface area contributed by atoms with E-state index in [1.54, 1.807) is 0 Å². The summed E-state index contributed by atoms with van der Waals surface area (Å²) in [5.74, 6) is 0. The van der Waals surface area contributed by atoms with Crippen molar-refractivity contribution in [3.05, 3.63) is 221 Å². The minimum Gasteiger partial charge on any atom is -0.278 e. The van der Waals surface area contributed by atoms with Crippen LogP contribution in [0.2, 0.25) is 0 Å². The van der Waals surface area contributed by atoms with Crippen LogP contribution in [0.5, 0.6) is 0 Å². The Kier molecular flexibility index (Phi) is 7.90. The lowest BCUT2D eigenvalue weighted by molar-refractivity contribution is 0.660. The van der Waals surface area contributed by atoms with Gasteiger partial charge in [0.05, 0.1) is 11.4 Å². The van der Waals surface area contributed by atoms with Crippen LogP contribution in [0.1, 0.15) is 61.1 Å². The van der Waals surface area contributed by atoms with E-state index in [9.17, 15) is 0 Å². The van der Waals surface area contributed by atoms with Crippen molar-refractivity contribution in [1.29, 1.82) is 0 Å². The fourth-order valence-corrected chi connectivity index (χ4v) is 10.2. The average molecular weight is 757 g/mol. The first kappa shape index (κ1) is 35.2. The van der Waals surface area contributed by atoms with Gasteiger partial charge in [0.1, 0.15) is 0 Å². The number of nitrogens with one attached hydrogen (secondary N) is 1. The molecular weight excluding hydrogens is 713 g/mol. The van der Waals surface area contributed by atoms with Crippen molar-refractivity contribution in [3.8, 4) is 44.5 Å². The van der Waals surface area contributed by atoms with Crippen molar-refractivity contribution in [3.63, 3.8) is 0 Å². The summed E-state index contributed by atoms with van der Waals surface area (Å²) in [5, 5.41) is 10.0. The molecule has 0 saturated carbocycles. The van der Waals surface area contributed by atoms with Gasteiger partial charge in [-0.3, -0.25) is 5.43 Å². The van der Waals surface area contributed by atoms with E-state index in [-0.39, 0.29) is 10.8 Å². The molecule has 0 aromatic heterocycles. The van der Waals surface area contributed by atoms with Gasteiger partial charge in [-0.05, 0) is 113 Å². The normalized spacial score (nSPS) is 14.0. The molecule has 0 fully saturated rings. The monoisotopic (exact) mass is 756 g/mol. The van der Waals surface area contributed by atoms with Crippen LogP contribution in [0, 0.1) is 0 Å². The molecule has 0 bridgehead atoms. The van der Waals surface area contributed by atoms with Crippen molar-refractivity contribution >= 4 is 32.9 Å². The second-order valence-electron chi connectivity index (χ2n) is 17.2. The summed E-state index contributed by atoms with van der Waals surface area (Å²) >= 11 is 0. The summed E-state index contributed by atoms with van der Waals surface area (Å²) in [5.41, 5.74) is 23.1. The van der Waals surface area contributed by atoms with E-state index >= 15 is 0 Å². The van der Waals surface area contributed by atoms with Gasteiger partial charge in [0, 0.05) is 22.0 Å². The zero-order valence-electron chi connectivity index (χ0n) is 33.8. The Morgan fingerprint density at radius 3 is 1.32 bits per heavy atom. The summed E-state index contributed by atoms with van der Waals surface area (Å²) in [7, 11) is 0. The molecule has 2 aliphatic rings. The van der Waals surface area contributed by atoms with Gasteiger partial charge in [-0.2, -0.15) is 5.10 Å². The van der Waals surface area contributed by atoms with E-state index in [1.807, 2.05) is 12.1 Å². The summed E-state index contributed by atoms with van der Waals surface area (Å²) in [6.45, 7) is 9.47. The second-order valence-corrected chi connectivity index (χ2v) is 17.2. The molecule has 1 N–H and O–H groups in total. The number of anilines is 1. The maximum Gasteiger partial charge on any atom is 0.0977 e. The summed E-state index contributed by atoms with van der Waals surface area (Å²) in [6, 6.07) is 68.8. The molecule has 11 rings (SSSR count). The molecule has 9 aromatic rings. The van der Waals surface area contributed by atoms with Gasteiger partial charge in [0.25, 0.3) is 0 Å². The molecule has 0 radical (unpaired) electrons. The Morgan fingerprint density at radius 1 is 0.373 bits per heavy atom. The van der Waals surface area contributed by atoms with Gasteiger partial charge in [0.2, 0.25) is 0 Å². The maximum absolute atomic E-state index is 5.12. The van der Waals surface area contributed by atoms with Gasteiger partial charge >= 0.3 is 0 Å². The third-order valence-corrected chi connectivity index (χ3v) is 13.2. The van der Waals surface area contributed by atoms with Crippen molar-refractivity contribution in [2.75, 3.05) is 5.43 Å².